The van der Waals surface area contributed by atoms with Gasteiger partial charge in [0.05, 0.1) is 25.0 Å². The van der Waals surface area contributed by atoms with Gasteiger partial charge >= 0.3 is 5.97 Å². The molecule has 3 atom stereocenters. The van der Waals surface area contributed by atoms with E-state index in [0.29, 0.717) is 24.9 Å². The minimum Gasteiger partial charge on any atom is -0.455 e. The Bertz CT molecular complexity index is 1350. The Balaban J connectivity index is 1.70. The number of hydrogen-bond acceptors (Lipinski definition) is 5. The molecule has 3 aromatic rings. The zero-order chi connectivity index (χ0) is 31.7. The lowest BCUT2D eigenvalue weighted by Gasteiger charge is -2.25. The van der Waals surface area contributed by atoms with Crippen molar-refractivity contribution < 1.29 is 28.6 Å². The van der Waals surface area contributed by atoms with Crippen molar-refractivity contribution in [3.8, 4) is 0 Å². The standard InChI is InChI=1S/C36H41FN2O5/c1-3-11-30(24-34(41)39(21-22-40)26-28-13-7-5-8-14-28)35(42)38-25-33(29-15-9-6-10-16-29)44-36(43)31(12-4-2)23-27-17-19-32(37)20-18-27/h3-10,13-20,30-31,33,40H,1-2,11-12,21-26H2,(H,38,42)/t30-,31+,33-/m1/s1. The molecular formula is C36H41FN2O5. The van der Waals surface area contributed by atoms with Gasteiger partial charge in [0.2, 0.25) is 11.8 Å². The van der Waals surface area contributed by atoms with E-state index in [2.05, 4.69) is 18.5 Å². The summed E-state index contributed by atoms with van der Waals surface area (Å²) in [6.07, 6.45) is 3.36. The third kappa shape index (κ3) is 10.9. The Hall–Kier alpha value is -4.56. The Morgan fingerprint density at radius 1 is 0.864 bits per heavy atom. The molecule has 0 aromatic heterocycles. The van der Waals surface area contributed by atoms with Crippen LogP contribution in [0.25, 0.3) is 0 Å². The Morgan fingerprint density at radius 2 is 1.48 bits per heavy atom. The fraction of sp³-hybridized carbons (Fsp3) is 0.306. The van der Waals surface area contributed by atoms with Gasteiger partial charge in [-0.2, -0.15) is 0 Å². The number of amides is 2. The van der Waals surface area contributed by atoms with E-state index >= 15 is 0 Å². The molecule has 232 valence electrons. The number of allylic oxidation sites excluding steroid dienone is 2. The SMILES string of the molecule is C=CC[C@H](CC(=O)N(CCO)Cc1ccccc1)C(=O)NC[C@@H](OC(=O)[C@@H](CC=C)Cc1ccc(F)cc1)c1ccccc1. The normalized spacial score (nSPS) is 12.8. The van der Waals surface area contributed by atoms with Gasteiger partial charge in [0.1, 0.15) is 11.9 Å². The predicted molar refractivity (Wildman–Crippen MR) is 169 cm³/mol. The van der Waals surface area contributed by atoms with Crippen molar-refractivity contribution in [3.63, 3.8) is 0 Å². The first-order valence-corrected chi connectivity index (χ1v) is 14.8. The first-order valence-electron chi connectivity index (χ1n) is 14.8. The molecule has 3 rings (SSSR count). The lowest BCUT2D eigenvalue weighted by molar-refractivity contribution is -0.154. The van der Waals surface area contributed by atoms with Crippen LogP contribution >= 0.6 is 0 Å². The van der Waals surface area contributed by atoms with Crippen LogP contribution < -0.4 is 5.32 Å². The van der Waals surface area contributed by atoms with Crippen LogP contribution in [0.4, 0.5) is 4.39 Å². The molecule has 2 amide bonds. The van der Waals surface area contributed by atoms with Gasteiger partial charge in [-0.25, -0.2) is 4.39 Å². The van der Waals surface area contributed by atoms with Gasteiger partial charge in [0, 0.05) is 19.5 Å². The largest absolute Gasteiger partial charge is 0.455 e. The highest BCUT2D eigenvalue weighted by Crippen LogP contribution is 2.23. The second kappa shape index (κ2) is 18.2. The molecule has 0 bridgehead atoms. The van der Waals surface area contributed by atoms with E-state index in [4.69, 9.17) is 4.74 Å². The lowest BCUT2D eigenvalue weighted by atomic mass is 9.96. The van der Waals surface area contributed by atoms with E-state index < -0.39 is 23.9 Å². The third-order valence-electron chi connectivity index (χ3n) is 7.25. The molecule has 8 heteroatoms. The molecule has 0 saturated heterocycles. The van der Waals surface area contributed by atoms with Gasteiger partial charge < -0.3 is 20.1 Å². The minimum absolute atomic E-state index is 0.00184. The van der Waals surface area contributed by atoms with Gasteiger partial charge in [0.25, 0.3) is 0 Å². The van der Waals surface area contributed by atoms with Gasteiger partial charge in [0.15, 0.2) is 0 Å². The first kappa shape index (κ1) is 33.9. The van der Waals surface area contributed by atoms with Gasteiger partial charge in [-0.1, -0.05) is 84.9 Å². The fourth-order valence-electron chi connectivity index (χ4n) is 4.88. The molecule has 0 aliphatic carbocycles. The van der Waals surface area contributed by atoms with Crippen molar-refractivity contribution in [1.82, 2.24) is 10.2 Å². The number of nitrogens with zero attached hydrogens (tertiary/aromatic N) is 1. The molecule has 3 aromatic carbocycles. The van der Waals surface area contributed by atoms with Crippen LogP contribution in [0.2, 0.25) is 0 Å². The second-order valence-electron chi connectivity index (χ2n) is 10.6. The van der Waals surface area contributed by atoms with E-state index in [9.17, 15) is 23.9 Å². The highest BCUT2D eigenvalue weighted by atomic mass is 19.1. The maximum Gasteiger partial charge on any atom is 0.310 e. The number of hydrogen-bond donors (Lipinski definition) is 2. The average molecular weight is 601 g/mol. The summed E-state index contributed by atoms with van der Waals surface area (Å²) in [5.74, 6) is -2.69. The number of carbonyl (C=O) groups excluding carboxylic acids is 3. The number of rotatable bonds is 18. The molecule has 0 spiro atoms. The van der Waals surface area contributed by atoms with Crippen molar-refractivity contribution in [1.29, 1.82) is 0 Å². The third-order valence-corrected chi connectivity index (χ3v) is 7.25. The molecule has 0 radical (unpaired) electrons. The van der Waals surface area contributed by atoms with Crippen molar-refractivity contribution in [3.05, 3.63) is 133 Å². The minimum atomic E-state index is -0.780. The number of halogens is 1. The summed E-state index contributed by atoms with van der Waals surface area (Å²) < 4.78 is 19.4. The zero-order valence-electron chi connectivity index (χ0n) is 24.9. The Kier molecular flexibility index (Phi) is 14.0. The highest BCUT2D eigenvalue weighted by Gasteiger charge is 2.28. The van der Waals surface area contributed by atoms with E-state index in [1.165, 1.54) is 17.0 Å². The molecule has 7 nitrogen and oxygen atoms in total. The number of aliphatic hydroxyl groups excluding tert-OH is 1. The van der Waals surface area contributed by atoms with Crippen LogP contribution in [0, 0.1) is 17.7 Å². The smallest absolute Gasteiger partial charge is 0.310 e. The molecular weight excluding hydrogens is 559 g/mol. The Labute approximate surface area is 259 Å². The quantitative estimate of drug-likeness (QED) is 0.147. The monoisotopic (exact) mass is 600 g/mol. The van der Waals surface area contributed by atoms with Crippen LogP contribution in [-0.4, -0.2) is 47.5 Å². The van der Waals surface area contributed by atoms with E-state index in [1.807, 2.05) is 60.7 Å². The number of esters is 1. The molecule has 0 heterocycles. The maximum absolute atomic E-state index is 13.4. The zero-order valence-corrected chi connectivity index (χ0v) is 24.9. The van der Waals surface area contributed by atoms with Crippen molar-refractivity contribution in [2.24, 2.45) is 11.8 Å². The number of carbonyl (C=O) groups is 3. The summed E-state index contributed by atoms with van der Waals surface area (Å²) in [5.41, 5.74) is 2.41. The van der Waals surface area contributed by atoms with Crippen LogP contribution in [0.3, 0.4) is 0 Å². The second-order valence-corrected chi connectivity index (χ2v) is 10.6. The lowest BCUT2D eigenvalue weighted by Crippen LogP contribution is -2.39. The number of aliphatic hydroxyl groups is 1. The molecule has 0 fully saturated rings. The topological polar surface area (TPSA) is 95.9 Å². The summed E-state index contributed by atoms with van der Waals surface area (Å²) in [6, 6.07) is 24.5. The van der Waals surface area contributed by atoms with E-state index in [1.54, 1.807) is 24.3 Å². The summed E-state index contributed by atoms with van der Waals surface area (Å²) in [4.78, 5) is 41.5. The van der Waals surface area contributed by atoms with Crippen molar-refractivity contribution >= 4 is 17.8 Å². The Morgan fingerprint density at radius 3 is 2.09 bits per heavy atom. The van der Waals surface area contributed by atoms with Gasteiger partial charge in [-0.3, -0.25) is 14.4 Å². The number of benzene rings is 3. The van der Waals surface area contributed by atoms with E-state index in [0.717, 1.165) is 11.1 Å². The first-order chi connectivity index (χ1) is 21.3. The molecule has 0 unspecified atom stereocenters. The van der Waals surface area contributed by atoms with Crippen molar-refractivity contribution in [2.75, 3.05) is 19.7 Å². The molecule has 2 N–H and O–H groups in total. The molecule has 0 aliphatic rings. The van der Waals surface area contributed by atoms with Crippen LogP contribution in [0.15, 0.2) is 110 Å². The van der Waals surface area contributed by atoms with Gasteiger partial charge in [-0.15, -0.1) is 13.2 Å². The fourth-order valence-corrected chi connectivity index (χ4v) is 4.88. The van der Waals surface area contributed by atoms with Crippen molar-refractivity contribution in [2.45, 2.75) is 38.3 Å². The number of ether oxygens (including phenoxy) is 1. The highest BCUT2D eigenvalue weighted by molar-refractivity contribution is 5.86. The van der Waals surface area contributed by atoms with E-state index in [-0.39, 0.29) is 50.2 Å². The number of nitrogens with one attached hydrogen (secondary N) is 1. The summed E-state index contributed by atoms with van der Waals surface area (Å²) >= 11 is 0. The van der Waals surface area contributed by atoms with Crippen LogP contribution in [0.5, 0.6) is 0 Å². The molecule has 0 saturated carbocycles. The average Bonchev–Trinajstić information content (AvgIpc) is 3.04. The maximum atomic E-state index is 13.4. The molecule has 44 heavy (non-hydrogen) atoms. The van der Waals surface area contributed by atoms with Crippen LogP contribution in [-0.2, 0) is 32.1 Å². The molecule has 0 aliphatic heterocycles. The summed E-state index contributed by atoms with van der Waals surface area (Å²) in [7, 11) is 0. The summed E-state index contributed by atoms with van der Waals surface area (Å²) in [5, 5.41) is 12.4. The van der Waals surface area contributed by atoms with Gasteiger partial charge in [-0.05, 0) is 48.1 Å². The van der Waals surface area contributed by atoms with Crippen LogP contribution in [0.1, 0.15) is 42.1 Å². The summed E-state index contributed by atoms with van der Waals surface area (Å²) in [6.45, 7) is 7.78. The predicted octanol–water partition coefficient (Wildman–Crippen LogP) is 5.56.